The number of ether oxygens (including phenoxy) is 1. The van der Waals surface area contributed by atoms with Gasteiger partial charge in [-0.2, -0.15) is 0 Å². The van der Waals surface area contributed by atoms with Gasteiger partial charge in [0.25, 0.3) is 5.91 Å². The molecule has 7 heteroatoms. The fourth-order valence-corrected chi connectivity index (χ4v) is 3.52. The zero-order valence-electron chi connectivity index (χ0n) is 14.9. The average molecular weight is 407 g/mol. The van der Waals surface area contributed by atoms with Crippen molar-refractivity contribution < 1.29 is 14.3 Å². The summed E-state index contributed by atoms with van der Waals surface area (Å²) in [6.07, 6.45) is 1.51. The molecule has 0 aromatic heterocycles. The van der Waals surface area contributed by atoms with Crippen LogP contribution in [0.1, 0.15) is 23.2 Å². The van der Waals surface area contributed by atoms with Crippen molar-refractivity contribution >= 4 is 40.7 Å². The van der Waals surface area contributed by atoms with E-state index in [1.807, 2.05) is 0 Å². The standard InChI is InChI=1S/C20H20Cl2N2O3/c1-27-18-9-8-16(11-17(18)22)23-19(25)14-3-2-10-24(12-14)20(26)13-4-6-15(21)7-5-13/h4-9,11,14H,2-3,10,12H2,1H3,(H,23,25)/t14-/m1/s1. The summed E-state index contributed by atoms with van der Waals surface area (Å²) in [6, 6.07) is 11.9. The number of amides is 2. The molecule has 3 rings (SSSR count). The zero-order valence-corrected chi connectivity index (χ0v) is 16.4. The normalized spacial score (nSPS) is 16.7. The number of anilines is 1. The van der Waals surface area contributed by atoms with Crippen molar-refractivity contribution in [3.63, 3.8) is 0 Å². The molecule has 2 aromatic rings. The molecule has 5 nitrogen and oxygen atoms in total. The third-order valence-electron chi connectivity index (χ3n) is 4.59. The first-order valence-electron chi connectivity index (χ1n) is 8.67. The van der Waals surface area contributed by atoms with E-state index in [0.717, 1.165) is 12.8 Å². The Balaban J connectivity index is 1.64. The predicted octanol–water partition coefficient (Wildman–Crippen LogP) is 4.49. The highest BCUT2D eigenvalue weighted by Crippen LogP contribution is 2.28. The molecule has 1 atom stereocenters. The first kappa shape index (κ1) is 19.5. The molecular formula is C20H20Cl2N2O3. The van der Waals surface area contributed by atoms with Gasteiger partial charge in [-0.25, -0.2) is 0 Å². The summed E-state index contributed by atoms with van der Waals surface area (Å²) in [5.74, 6) is 0.0736. The van der Waals surface area contributed by atoms with E-state index in [9.17, 15) is 9.59 Å². The van der Waals surface area contributed by atoms with Crippen LogP contribution in [0.2, 0.25) is 10.0 Å². The highest BCUT2D eigenvalue weighted by atomic mass is 35.5. The molecular weight excluding hydrogens is 387 g/mol. The Labute approximate surface area is 168 Å². The first-order chi connectivity index (χ1) is 13.0. The van der Waals surface area contributed by atoms with Crippen LogP contribution >= 0.6 is 23.2 Å². The first-order valence-corrected chi connectivity index (χ1v) is 9.43. The van der Waals surface area contributed by atoms with Crippen LogP contribution in [0.5, 0.6) is 5.75 Å². The van der Waals surface area contributed by atoms with Crippen molar-refractivity contribution in [3.05, 3.63) is 58.1 Å². The van der Waals surface area contributed by atoms with Gasteiger partial charge in [-0.3, -0.25) is 9.59 Å². The molecule has 27 heavy (non-hydrogen) atoms. The zero-order chi connectivity index (χ0) is 19.4. The Bertz CT molecular complexity index is 840. The lowest BCUT2D eigenvalue weighted by Crippen LogP contribution is -2.43. The monoisotopic (exact) mass is 406 g/mol. The molecule has 2 aromatic carbocycles. The number of hydrogen-bond acceptors (Lipinski definition) is 3. The second-order valence-corrected chi connectivity index (χ2v) is 7.28. The number of piperidine rings is 1. The van der Waals surface area contributed by atoms with Gasteiger partial charge >= 0.3 is 0 Å². The molecule has 2 amide bonds. The van der Waals surface area contributed by atoms with Gasteiger partial charge < -0.3 is 15.0 Å². The average Bonchev–Trinajstić information content (AvgIpc) is 2.68. The van der Waals surface area contributed by atoms with E-state index in [-0.39, 0.29) is 17.7 Å². The van der Waals surface area contributed by atoms with Crippen molar-refractivity contribution in [2.24, 2.45) is 5.92 Å². The fraction of sp³-hybridized carbons (Fsp3) is 0.300. The largest absolute Gasteiger partial charge is 0.495 e. The number of nitrogens with zero attached hydrogens (tertiary/aromatic N) is 1. The van der Waals surface area contributed by atoms with Crippen LogP contribution in [0.25, 0.3) is 0 Å². The summed E-state index contributed by atoms with van der Waals surface area (Å²) in [5, 5.41) is 3.89. The Morgan fingerprint density at radius 1 is 1.15 bits per heavy atom. The molecule has 0 radical (unpaired) electrons. The van der Waals surface area contributed by atoms with Crippen LogP contribution < -0.4 is 10.1 Å². The maximum Gasteiger partial charge on any atom is 0.253 e. The topological polar surface area (TPSA) is 58.6 Å². The minimum atomic E-state index is -0.268. The summed E-state index contributed by atoms with van der Waals surface area (Å²) in [7, 11) is 1.54. The van der Waals surface area contributed by atoms with E-state index in [1.165, 1.54) is 7.11 Å². The number of benzene rings is 2. The lowest BCUT2D eigenvalue weighted by molar-refractivity contribution is -0.121. The lowest BCUT2D eigenvalue weighted by atomic mass is 9.96. The van der Waals surface area contributed by atoms with E-state index >= 15 is 0 Å². The van der Waals surface area contributed by atoms with Crippen molar-refractivity contribution in [1.29, 1.82) is 0 Å². The molecule has 0 bridgehead atoms. The minimum Gasteiger partial charge on any atom is -0.495 e. The molecule has 1 aliphatic heterocycles. The van der Waals surface area contributed by atoms with Crippen LogP contribution in [-0.2, 0) is 4.79 Å². The molecule has 0 aliphatic carbocycles. The number of nitrogens with one attached hydrogen (secondary N) is 1. The van der Waals surface area contributed by atoms with Crippen LogP contribution in [0.15, 0.2) is 42.5 Å². The number of methoxy groups -OCH3 is 1. The summed E-state index contributed by atoms with van der Waals surface area (Å²) in [5.41, 5.74) is 1.18. The van der Waals surface area contributed by atoms with Crippen molar-refractivity contribution in [3.8, 4) is 5.75 Å². The van der Waals surface area contributed by atoms with Gasteiger partial charge in [0.1, 0.15) is 5.75 Å². The number of carbonyl (C=O) groups excluding carboxylic acids is 2. The summed E-state index contributed by atoms with van der Waals surface area (Å²) in [6.45, 7) is 1.02. The molecule has 0 unspecified atom stereocenters. The Morgan fingerprint density at radius 2 is 1.89 bits per heavy atom. The fourth-order valence-electron chi connectivity index (χ4n) is 3.14. The highest BCUT2D eigenvalue weighted by molar-refractivity contribution is 6.32. The molecule has 1 aliphatic rings. The van der Waals surface area contributed by atoms with E-state index in [0.29, 0.717) is 40.1 Å². The van der Waals surface area contributed by atoms with Gasteiger partial charge in [-0.15, -0.1) is 0 Å². The van der Waals surface area contributed by atoms with E-state index < -0.39 is 0 Å². The third kappa shape index (κ3) is 4.73. The Kier molecular flexibility index (Phi) is 6.24. The maximum absolute atomic E-state index is 12.7. The third-order valence-corrected chi connectivity index (χ3v) is 5.14. The molecule has 0 saturated carbocycles. The smallest absolute Gasteiger partial charge is 0.253 e. The van der Waals surface area contributed by atoms with E-state index in [4.69, 9.17) is 27.9 Å². The number of likely N-dealkylation sites (tertiary alicyclic amines) is 1. The molecule has 1 N–H and O–H groups in total. The number of rotatable bonds is 4. The second kappa shape index (κ2) is 8.63. The lowest BCUT2D eigenvalue weighted by Gasteiger charge is -2.32. The molecule has 1 heterocycles. The van der Waals surface area contributed by atoms with Gasteiger partial charge in [0.05, 0.1) is 18.1 Å². The van der Waals surface area contributed by atoms with Gasteiger partial charge in [0.2, 0.25) is 5.91 Å². The van der Waals surface area contributed by atoms with Crippen LogP contribution in [0, 0.1) is 5.92 Å². The molecule has 1 saturated heterocycles. The van der Waals surface area contributed by atoms with Crippen molar-refractivity contribution in [1.82, 2.24) is 4.90 Å². The minimum absolute atomic E-state index is 0.0864. The predicted molar refractivity (Wildman–Crippen MR) is 107 cm³/mol. The molecule has 0 spiro atoms. The number of halogens is 2. The Morgan fingerprint density at radius 3 is 2.56 bits per heavy atom. The van der Waals surface area contributed by atoms with Gasteiger partial charge in [0.15, 0.2) is 0 Å². The number of hydrogen-bond donors (Lipinski definition) is 1. The van der Waals surface area contributed by atoms with E-state index in [1.54, 1.807) is 47.4 Å². The summed E-state index contributed by atoms with van der Waals surface area (Å²) in [4.78, 5) is 27.0. The van der Waals surface area contributed by atoms with Crippen LogP contribution in [-0.4, -0.2) is 36.9 Å². The molecule has 1 fully saturated rings. The van der Waals surface area contributed by atoms with Gasteiger partial charge in [0, 0.05) is 29.4 Å². The highest BCUT2D eigenvalue weighted by Gasteiger charge is 2.29. The van der Waals surface area contributed by atoms with Crippen molar-refractivity contribution in [2.45, 2.75) is 12.8 Å². The van der Waals surface area contributed by atoms with Gasteiger partial charge in [-0.1, -0.05) is 23.2 Å². The summed E-state index contributed by atoms with van der Waals surface area (Å²) >= 11 is 12.0. The van der Waals surface area contributed by atoms with Gasteiger partial charge in [-0.05, 0) is 55.3 Å². The van der Waals surface area contributed by atoms with Crippen LogP contribution in [0.4, 0.5) is 5.69 Å². The Hall–Kier alpha value is -2.24. The molecule has 142 valence electrons. The van der Waals surface area contributed by atoms with E-state index in [2.05, 4.69) is 5.32 Å². The van der Waals surface area contributed by atoms with Crippen LogP contribution in [0.3, 0.4) is 0 Å². The number of carbonyl (C=O) groups is 2. The summed E-state index contributed by atoms with van der Waals surface area (Å²) < 4.78 is 5.11. The quantitative estimate of drug-likeness (QED) is 0.813. The second-order valence-electron chi connectivity index (χ2n) is 6.44. The SMILES string of the molecule is COc1ccc(NC(=O)[C@@H]2CCCN(C(=O)c3ccc(Cl)cc3)C2)cc1Cl. The van der Waals surface area contributed by atoms with Crippen molar-refractivity contribution in [2.75, 3.05) is 25.5 Å². The maximum atomic E-state index is 12.7.